The van der Waals surface area contributed by atoms with Crippen LogP contribution in [0.2, 0.25) is 0 Å². The van der Waals surface area contributed by atoms with Gasteiger partial charge in [-0.1, -0.05) is 0 Å². The molecule has 76 valence electrons. The summed E-state index contributed by atoms with van der Waals surface area (Å²) in [5.74, 6) is 2.35. The monoisotopic (exact) mass is 273 g/mol. The van der Waals surface area contributed by atoms with Gasteiger partial charge in [-0.15, -0.1) is 0 Å². The largest absolute Gasteiger partial charge is 0.396 e. The number of nitrogen functional groups attached to an aromatic ring is 1. The van der Waals surface area contributed by atoms with Crippen LogP contribution in [0.1, 0.15) is 0 Å². The number of aromatic nitrogens is 1. The van der Waals surface area contributed by atoms with Gasteiger partial charge in [-0.3, -0.25) is 4.98 Å². The molecule has 0 amide bonds. The first-order valence-electron chi connectivity index (χ1n) is 4.50. The zero-order valence-electron chi connectivity index (χ0n) is 7.74. The summed E-state index contributed by atoms with van der Waals surface area (Å²) >= 11 is 5.48. The second kappa shape index (κ2) is 4.40. The van der Waals surface area contributed by atoms with Gasteiger partial charge in [0.2, 0.25) is 0 Å². The van der Waals surface area contributed by atoms with Crippen LogP contribution in [0.3, 0.4) is 0 Å². The van der Waals surface area contributed by atoms with E-state index in [1.807, 2.05) is 11.8 Å². The van der Waals surface area contributed by atoms with Crippen molar-refractivity contribution in [1.29, 1.82) is 0 Å². The summed E-state index contributed by atoms with van der Waals surface area (Å²) in [7, 11) is 0. The van der Waals surface area contributed by atoms with Gasteiger partial charge in [-0.05, 0) is 15.9 Å². The molecule has 0 aromatic carbocycles. The number of rotatable bonds is 1. The first-order valence-corrected chi connectivity index (χ1v) is 6.45. The number of thioether (sulfide) groups is 1. The Morgan fingerprint density at radius 2 is 2.07 bits per heavy atom. The Kier molecular flexibility index (Phi) is 3.18. The molecule has 2 N–H and O–H groups in total. The summed E-state index contributed by atoms with van der Waals surface area (Å²) in [5.41, 5.74) is 7.76. The minimum atomic E-state index is 0.756. The van der Waals surface area contributed by atoms with Crippen molar-refractivity contribution in [3.63, 3.8) is 0 Å². The van der Waals surface area contributed by atoms with Gasteiger partial charge in [-0.2, -0.15) is 11.8 Å². The Morgan fingerprint density at radius 3 is 2.71 bits per heavy atom. The van der Waals surface area contributed by atoms with Crippen molar-refractivity contribution in [3.8, 4) is 0 Å². The van der Waals surface area contributed by atoms with Crippen molar-refractivity contribution in [1.82, 2.24) is 4.98 Å². The summed E-state index contributed by atoms with van der Waals surface area (Å²) in [5, 5.41) is 0. The fourth-order valence-electron chi connectivity index (χ4n) is 1.56. The summed E-state index contributed by atoms with van der Waals surface area (Å²) in [6.45, 7) is 2.13. The predicted octanol–water partition coefficient (Wildman–Crippen LogP) is 1.98. The molecule has 2 rings (SSSR count). The lowest BCUT2D eigenvalue weighted by molar-refractivity contribution is 0.856. The van der Waals surface area contributed by atoms with Crippen LogP contribution >= 0.6 is 27.7 Å². The topological polar surface area (TPSA) is 42.1 Å². The molecule has 1 aromatic rings. The standard InChI is InChI=1S/C9H12BrN3S/c10-7-5-12-6-8(11)9(7)13-1-3-14-4-2-13/h5-6H,1-4,11H2. The highest BCUT2D eigenvalue weighted by Gasteiger charge is 2.16. The maximum atomic E-state index is 5.91. The molecule has 1 saturated heterocycles. The van der Waals surface area contributed by atoms with Gasteiger partial charge in [0.25, 0.3) is 0 Å². The van der Waals surface area contributed by atoms with Crippen molar-refractivity contribution in [2.24, 2.45) is 0 Å². The highest BCUT2D eigenvalue weighted by Crippen LogP contribution is 2.32. The fraction of sp³-hybridized carbons (Fsp3) is 0.444. The van der Waals surface area contributed by atoms with Gasteiger partial charge in [-0.25, -0.2) is 0 Å². The van der Waals surface area contributed by atoms with Crippen molar-refractivity contribution in [2.75, 3.05) is 35.2 Å². The van der Waals surface area contributed by atoms with E-state index < -0.39 is 0 Å². The Morgan fingerprint density at radius 1 is 1.36 bits per heavy atom. The SMILES string of the molecule is Nc1cncc(Br)c1N1CCSCC1. The van der Waals surface area contributed by atoms with Crippen molar-refractivity contribution in [2.45, 2.75) is 0 Å². The number of pyridine rings is 1. The van der Waals surface area contributed by atoms with Crippen LogP contribution in [0, 0.1) is 0 Å². The third kappa shape index (κ3) is 1.98. The molecular formula is C9H12BrN3S. The maximum absolute atomic E-state index is 5.91. The molecule has 1 fully saturated rings. The van der Waals surface area contributed by atoms with Gasteiger partial charge in [0.1, 0.15) is 0 Å². The fourth-order valence-corrected chi connectivity index (χ4v) is 3.06. The number of nitrogens with two attached hydrogens (primary N) is 1. The highest BCUT2D eigenvalue weighted by molar-refractivity contribution is 9.10. The van der Waals surface area contributed by atoms with Crippen LogP contribution in [0.15, 0.2) is 16.9 Å². The van der Waals surface area contributed by atoms with Crippen LogP contribution in [0.4, 0.5) is 11.4 Å². The van der Waals surface area contributed by atoms with E-state index in [0.717, 1.165) is 28.9 Å². The number of nitrogens with zero attached hydrogens (tertiary/aromatic N) is 2. The molecule has 0 saturated carbocycles. The molecule has 0 radical (unpaired) electrons. The van der Waals surface area contributed by atoms with Gasteiger partial charge >= 0.3 is 0 Å². The summed E-state index contributed by atoms with van der Waals surface area (Å²) in [6, 6.07) is 0. The lowest BCUT2D eigenvalue weighted by atomic mass is 10.3. The molecule has 14 heavy (non-hydrogen) atoms. The number of hydrogen-bond acceptors (Lipinski definition) is 4. The van der Waals surface area contributed by atoms with E-state index in [-0.39, 0.29) is 0 Å². The van der Waals surface area contributed by atoms with Crippen LogP contribution in [0.25, 0.3) is 0 Å². The van der Waals surface area contributed by atoms with E-state index in [0.29, 0.717) is 0 Å². The minimum absolute atomic E-state index is 0.756. The normalized spacial score (nSPS) is 17.1. The molecule has 1 aromatic heterocycles. The number of halogens is 1. The second-order valence-electron chi connectivity index (χ2n) is 3.16. The molecule has 1 aliphatic heterocycles. The first kappa shape index (κ1) is 10.1. The Labute approximate surface area is 96.2 Å². The van der Waals surface area contributed by atoms with E-state index in [1.165, 1.54) is 11.5 Å². The molecule has 2 heterocycles. The third-order valence-corrected chi connectivity index (χ3v) is 3.75. The molecule has 0 bridgehead atoms. The van der Waals surface area contributed by atoms with Crippen LogP contribution < -0.4 is 10.6 Å². The zero-order chi connectivity index (χ0) is 9.97. The van der Waals surface area contributed by atoms with E-state index in [9.17, 15) is 0 Å². The summed E-state index contributed by atoms with van der Waals surface area (Å²) < 4.78 is 0.990. The molecule has 0 aliphatic carbocycles. The number of hydrogen-bond donors (Lipinski definition) is 1. The average molecular weight is 274 g/mol. The highest BCUT2D eigenvalue weighted by atomic mass is 79.9. The van der Waals surface area contributed by atoms with Crippen LogP contribution in [-0.2, 0) is 0 Å². The third-order valence-electron chi connectivity index (χ3n) is 2.23. The molecule has 0 spiro atoms. The number of anilines is 2. The second-order valence-corrected chi connectivity index (χ2v) is 5.24. The molecule has 3 nitrogen and oxygen atoms in total. The van der Waals surface area contributed by atoms with E-state index >= 15 is 0 Å². The Hall–Kier alpha value is -0.420. The lowest BCUT2D eigenvalue weighted by Crippen LogP contribution is -2.33. The van der Waals surface area contributed by atoms with Gasteiger partial charge in [0.15, 0.2) is 0 Å². The smallest absolute Gasteiger partial charge is 0.0776 e. The van der Waals surface area contributed by atoms with E-state index in [2.05, 4.69) is 25.8 Å². The van der Waals surface area contributed by atoms with Crippen LogP contribution in [0.5, 0.6) is 0 Å². The quantitative estimate of drug-likeness (QED) is 0.850. The van der Waals surface area contributed by atoms with Gasteiger partial charge < -0.3 is 10.6 Å². The minimum Gasteiger partial charge on any atom is -0.396 e. The summed E-state index contributed by atoms with van der Waals surface area (Å²) in [6.07, 6.45) is 3.51. The molecule has 5 heteroatoms. The molecule has 0 atom stereocenters. The Bertz CT molecular complexity index is 306. The van der Waals surface area contributed by atoms with Crippen molar-refractivity contribution < 1.29 is 0 Å². The Balaban J connectivity index is 2.29. The maximum Gasteiger partial charge on any atom is 0.0776 e. The molecule has 0 unspecified atom stereocenters. The average Bonchev–Trinajstić information content (AvgIpc) is 2.19. The van der Waals surface area contributed by atoms with Crippen molar-refractivity contribution in [3.05, 3.63) is 16.9 Å². The molecular weight excluding hydrogens is 262 g/mol. The van der Waals surface area contributed by atoms with E-state index in [4.69, 9.17) is 5.73 Å². The first-order chi connectivity index (χ1) is 6.79. The molecule has 1 aliphatic rings. The van der Waals surface area contributed by atoms with Crippen LogP contribution in [-0.4, -0.2) is 29.6 Å². The van der Waals surface area contributed by atoms with Crippen molar-refractivity contribution >= 4 is 39.1 Å². The zero-order valence-corrected chi connectivity index (χ0v) is 10.1. The lowest BCUT2D eigenvalue weighted by Gasteiger charge is -2.30. The summed E-state index contributed by atoms with van der Waals surface area (Å²) in [4.78, 5) is 6.35. The predicted molar refractivity (Wildman–Crippen MR) is 65.9 cm³/mol. The van der Waals surface area contributed by atoms with E-state index in [1.54, 1.807) is 12.4 Å². The van der Waals surface area contributed by atoms with Gasteiger partial charge in [0, 0.05) is 30.8 Å². The van der Waals surface area contributed by atoms with Gasteiger partial charge in [0.05, 0.1) is 22.0 Å².